The fraction of sp³-hybridized carbons (Fsp3) is 0.529. The minimum Gasteiger partial charge on any atom is -0.333 e. The van der Waals surface area contributed by atoms with Gasteiger partial charge in [0.25, 0.3) is 0 Å². The second-order valence-electron chi connectivity index (χ2n) is 5.91. The Hall–Kier alpha value is -1.26. The molecule has 4 nitrogen and oxygen atoms in total. The van der Waals surface area contributed by atoms with E-state index in [0.717, 1.165) is 32.1 Å². The average Bonchev–Trinajstić information content (AvgIpc) is 3.03. The zero-order chi connectivity index (χ0) is 16.8. The lowest BCUT2D eigenvalue weighted by atomic mass is 10.1. The van der Waals surface area contributed by atoms with E-state index in [1.165, 1.54) is 0 Å². The van der Waals surface area contributed by atoms with Crippen LogP contribution in [0.1, 0.15) is 39.0 Å². The van der Waals surface area contributed by atoms with E-state index in [9.17, 15) is 9.59 Å². The summed E-state index contributed by atoms with van der Waals surface area (Å²) in [4.78, 5) is 26.5. The molecule has 1 aromatic carbocycles. The van der Waals surface area contributed by atoms with Crippen molar-refractivity contribution in [1.82, 2.24) is 4.90 Å². The van der Waals surface area contributed by atoms with E-state index in [-0.39, 0.29) is 24.3 Å². The summed E-state index contributed by atoms with van der Waals surface area (Å²) in [6, 6.07) is 4.90. The average molecular weight is 357 g/mol. The number of carbonyl (C=O) groups excluding carboxylic acids is 2. The SMILES string of the molecule is CCCN(CC(=O)Nc1ccc(Cl)cc1Cl)C(=O)C1CCCC1. The molecular formula is C17H22Cl2N2O2. The molecule has 0 saturated heterocycles. The molecule has 0 bridgehead atoms. The van der Waals surface area contributed by atoms with Gasteiger partial charge in [0.2, 0.25) is 11.8 Å². The predicted octanol–water partition coefficient (Wildman–Crippen LogP) is 4.36. The largest absolute Gasteiger partial charge is 0.333 e. The van der Waals surface area contributed by atoms with Crippen LogP contribution in [0.5, 0.6) is 0 Å². The molecule has 0 atom stereocenters. The number of halogens is 2. The first-order chi connectivity index (χ1) is 11.0. The monoisotopic (exact) mass is 356 g/mol. The van der Waals surface area contributed by atoms with Gasteiger partial charge >= 0.3 is 0 Å². The summed E-state index contributed by atoms with van der Waals surface area (Å²) in [6.07, 6.45) is 4.90. The molecule has 0 spiro atoms. The number of hydrogen-bond donors (Lipinski definition) is 1. The molecule has 1 N–H and O–H groups in total. The Bertz CT molecular complexity index is 572. The quantitative estimate of drug-likeness (QED) is 0.822. The first-order valence-corrected chi connectivity index (χ1v) is 8.80. The highest BCUT2D eigenvalue weighted by atomic mass is 35.5. The van der Waals surface area contributed by atoms with Gasteiger partial charge in [-0.25, -0.2) is 0 Å². The Kier molecular flexibility index (Phi) is 6.72. The molecule has 1 aliphatic rings. The van der Waals surface area contributed by atoms with Crippen molar-refractivity contribution in [2.45, 2.75) is 39.0 Å². The number of benzene rings is 1. The van der Waals surface area contributed by atoms with Gasteiger partial charge in [0.1, 0.15) is 0 Å². The molecule has 0 unspecified atom stereocenters. The van der Waals surface area contributed by atoms with Crippen molar-refractivity contribution >= 4 is 40.7 Å². The number of rotatable bonds is 6. The highest BCUT2D eigenvalue weighted by Gasteiger charge is 2.28. The van der Waals surface area contributed by atoms with Crippen molar-refractivity contribution < 1.29 is 9.59 Å². The van der Waals surface area contributed by atoms with Crippen LogP contribution in [-0.4, -0.2) is 29.8 Å². The summed E-state index contributed by atoms with van der Waals surface area (Å²) < 4.78 is 0. The van der Waals surface area contributed by atoms with Gasteiger partial charge in [-0.3, -0.25) is 9.59 Å². The summed E-state index contributed by atoms with van der Waals surface area (Å²) in [5, 5.41) is 3.64. The van der Waals surface area contributed by atoms with Crippen LogP contribution < -0.4 is 5.32 Å². The third-order valence-electron chi connectivity index (χ3n) is 4.05. The van der Waals surface area contributed by atoms with Gasteiger partial charge in [-0.2, -0.15) is 0 Å². The smallest absolute Gasteiger partial charge is 0.244 e. The molecule has 0 aliphatic heterocycles. The van der Waals surface area contributed by atoms with Gasteiger partial charge in [-0.05, 0) is 37.5 Å². The molecular weight excluding hydrogens is 335 g/mol. The first-order valence-electron chi connectivity index (χ1n) is 8.05. The van der Waals surface area contributed by atoms with E-state index in [2.05, 4.69) is 5.32 Å². The van der Waals surface area contributed by atoms with Crippen LogP contribution in [0.25, 0.3) is 0 Å². The van der Waals surface area contributed by atoms with Crippen LogP contribution in [0.4, 0.5) is 5.69 Å². The lowest BCUT2D eigenvalue weighted by Gasteiger charge is -2.24. The normalized spacial score (nSPS) is 14.7. The van der Waals surface area contributed by atoms with Crippen LogP contribution in [0, 0.1) is 5.92 Å². The Morgan fingerprint density at radius 3 is 2.57 bits per heavy atom. The van der Waals surface area contributed by atoms with E-state index in [1.807, 2.05) is 6.92 Å². The van der Waals surface area contributed by atoms with Gasteiger partial charge in [0.05, 0.1) is 17.3 Å². The lowest BCUT2D eigenvalue weighted by molar-refractivity contribution is -0.138. The number of amides is 2. The summed E-state index contributed by atoms with van der Waals surface area (Å²) in [6.45, 7) is 2.65. The topological polar surface area (TPSA) is 49.4 Å². The predicted molar refractivity (Wildman–Crippen MR) is 93.9 cm³/mol. The molecule has 0 radical (unpaired) electrons. The second-order valence-corrected chi connectivity index (χ2v) is 6.76. The Balaban J connectivity index is 1.98. The minimum atomic E-state index is -0.242. The molecule has 2 amide bonds. The number of nitrogens with zero attached hydrogens (tertiary/aromatic N) is 1. The maximum Gasteiger partial charge on any atom is 0.244 e. The number of hydrogen-bond acceptors (Lipinski definition) is 2. The van der Waals surface area contributed by atoms with Gasteiger partial charge in [0.15, 0.2) is 0 Å². The minimum absolute atomic E-state index is 0.0577. The molecule has 0 heterocycles. The van der Waals surface area contributed by atoms with Gasteiger partial charge < -0.3 is 10.2 Å². The molecule has 1 fully saturated rings. The highest BCUT2D eigenvalue weighted by molar-refractivity contribution is 6.36. The van der Waals surface area contributed by atoms with Crippen molar-refractivity contribution in [1.29, 1.82) is 0 Å². The van der Waals surface area contributed by atoms with E-state index >= 15 is 0 Å². The molecule has 126 valence electrons. The maximum absolute atomic E-state index is 12.5. The summed E-state index contributed by atoms with van der Waals surface area (Å²) in [5.74, 6) is -0.0656. The van der Waals surface area contributed by atoms with Crippen molar-refractivity contribution in [3.8, 4) is 0 Å². The summed E-state index contributed by atoms with van der Waals surface area (Å²) in [7, 11) is 0. The number of carbonyl (C=O) groups is 2. The summed E-state index contributed by atoms with van der Waals surface area (Å²) >= 11 is 11.9. The molecule has 1 aliphatic carbocycles. The molecule has 1 saturated carbocycles. The van der Waals surface area contributed by atoms with E-state index < -0.39 is 0 Å². The van der Waals surface area contributed by atoms with Crippen molar-refractivity contribution in [2.75, 3.05) is 18.4 Å². The Morgan fingerprint density at radius 2 is 1.96 bits per heavy atom. The molecule has 2 rings (SSSR count). The van der Waals surface area contributed by atoms with E-state index in [0.29, 0.717) is 22.3 Å². The standard InChI is InChI=1S/C17H22Cl2N2O2/c1-2-9-21(17(23)12-5-3-4-6-12)11-16(22)20-15-8-7-13(18)10-14(15)19/h7-8,10,12H,2-6,9,11H2,1H3,(H,20,22). The van der Waals surface area contributed by atoms with Crippen LogP contribution in [0.2, 0.25) is 10.0 Å². The third kappa shape index (κ3) is 5.11. The molecule has 0 aromatic heterocycles. The van der Waals surface area contributed by atoms with Crippen molar-refractivity contribution in [3.05, 3.63) is 28.2 Å². The molecule has 1 aromatic rings. The summed E-state index contributed by atoms with van der Waals surface area (Å²) in [5.41, 5.74) is 0.505. The van der Waals surface area contributed by atoms with Gasteiger partial charge in [-0.1, -0.05) is 43.0 Å². The lowest BCUT2D eigenvalue weighted by Crippen LogP contribution is -2.41. The van der Waals surface area contributed by atoms with Crippen LogP contribution >= 0.6 is 23.2 Å². The number of nitrogens with one attached hydrogen (secondary N) is 1. The third-order valence-corrected chi connectivity index (χ3v) is 4.60. The van der Waals surface area contributed by atoms with Crippen LogP contribution in [0.3, 0.4) is 0 Å². The first kappa shape index (κ1) is 18.1. The zero-order valence-electron chi connectivity index (χ0n) is 13.3. The fourth-order valence-corrected chi connectivity index (χ4v) is 3.38. The molecule has 6 heteroatoms. The molecule has 23 heavy (non-hydrogen) atoms. The van der Waals surface area contributed by atoms with Gasteiger partial charge in [0, 0.05) is 17.5 Å². The van der Waals surface area contributed by atoms with Crippen molar-refractivity contribution in [2.24, 2.45) is 5.92 Å². The Labute approximate surface area is 147 Å². The highest BCUT2D eigenvalue weighted by Crippen LogP contribution is 2.27. The van der Waals surface area contributed by atoms with E-state index in [4.69, 9.17) is 23.2 Å². The number of anilines is 1. The fourth-order valence-electron chi connectivity index (χ4n) is 2.92. The second kappa shape index (κ2) is 8.55. The van der Waals surface area contributed by atoms with Crippen LogP contribution in [0.15, 0.2) is 18.2 Å². The van der Waals surface area contributed by atoms with E-state index in [1.54, 1.807) is 23.1 Å². The van der Waals surface area contributed by atoms with Crippen molar-refractivity contribution in [3.63, 3.8) is 0 Å². The van der Waals surface area contributed by atoms with Gasteiger partial charge in [-0.15, -0.1) is 0 Å². The zero-order valence-corrected chi connectivity index (χ0v) is 14.8. The van der Waals surface area contributed by atoms with Crippen LogP contribution in [-0.2, 0) is 9.59 Å². The maximum atomic E-state index is 12.5. The Morgan fingerprint density at radius 1 is 1.26 bits per heavy atom.